The molecule has 2 N–H and O–H groups in total. The first-order valence-corrected chi connectivity index (χ1v) is 6.69. The molecule has 0 spiro atoms. The number of benzene rings is 1. The number of amides is 1. The van der Waals surface area contributed by atoms with E-state index in [1.807, 2.05) is 12.1 Å². The van der Waals surface area contributed by atoms with Crippen LogP contribution < -0.4 is 10.1 Å². The Morgan fingerprint density at radius 3 is 2.61 bits per heavy atom. The highest BCUT2D eigenvalue weighted by molar-refractivity contribution is 9.10. The van der Waals surface area contributed by atoms with E-state index >= 15 is 0 Å². The van der Waals surface area contributed by atoms with Crippen molar-refractivity contribution in [2.24, 2.45) is 0 Å². The molecule has 1 aromatic rings. The maximum absolute atomic E-state index is 11.9. The summed E-state index contributed by atoms with van der Waals surface area (Å²) < 4.78 is 6.50. The van der Waals surface area contributed by atoms with Crippen LogP contribution >= 0.6 is 15.9 Å². The summed E-state index contributed by atoms with van der Waals surface area (Å²) in [4.78, 5) is 11.9. The number of nitrogens with one attached hydrogen (secondary N) is 1. The van der Waals surface area contributed by atoms with Gasteiger partial charge in [-0.05, 0) is 44.0 Å². The van der Waals surface area contributed by atoms with Gasteiger partial charge in [0.05, 0.1) is 12.1 Å². The molecule has 1 saturated carbocycles. The predicted octanol–water partition coefficient (Wildman–Crippen LogP) is 1.86. The van der Waals surface area contributed by atoms with E-state index in [4.69, 9.17) is 9.84 Å². The monoisotopic (exact) mass is 313 g/mol. The summed E-state index contributed by atoms with van der Waals surface area (Å²) in [5.41, 5.74) is -0.394. The van der Waals surface area contributed by atoms with Gasteiger partial charge in [0.2, 0.25) is 0 Å². The second kappa shape index (κ2) is 5.28. The summed E-state index contributed by atoms with van der Waals surface area (Å²) in [5.74, 6) is 0.458. The molecule has 1 fully saturated rings. The highest BCUT2D eigenvalue weighted by Gasteiger charge is 2.44. The van der Waals surface area contributed by atoms with Crippen LogP contribution in [0.5, 0.6) is 5.75 Å². The van der Waals surface area contributed by atoms with E-state index in [2.05, 4.69) is 21.2 Å². The topological polar surface area (TPSA) is 58.6 Å². The third kappa shape index (κ3) is 3.23. The Hall–Kier alpha value is -1.07. The zero-order valence-corrected chi connectivity index (χ0v) is 11.7. The number of halogens is 1. The lowest BCUT2D eigenvalue weighted by atomic mass is 10.2. The summed E-state index contributed by atoms with van der Waals surface area (Å²) in [7, 11) is 0. The van der Waals surface area contributed by atoms with E-state index in [9.17, 15) is 4.79 Å². The van der Waals surface area contributed by atoms with Gasteiger partial charge in [0.25, 0.3) is 5.91 Å². The Labute approximate surface area is 114 Å². The fourth-order valence-corrected chi connectivity index (χ4v) is 1.87. The Kier molecular flexibility index (Phi) is 3.92. The van der Waals surface area contributed by atoms with Crippen molar-refractivity contribution in [3.05, 3.63) is 28.7 Å². The van der Waals surface area contributed by atoms with Crippen molar-refractivity contribution in [1.82, 2.24) is 5.32 Å². The third-order valence-electron chi connectivity index (χ3n) is 3.04. The number of aliphatic hydroxyl groups is 1. The Morgan fingerprint density at radius 1 is 1.50 bits per heavy atom. The summed E-state index contributed by atoms with van der Waals surface area (Å²) >= 11 is 3.34. The molecule has 1 amide bonds. The summed E-state index contributed by atoms with van der Waals surface area (Å²) in [6.45, 7) is 1.69. The highest BCUT2D eigenvalue weighted by atomic mass is 79.9. The number of carbonyl (C=O) groups is 1. The lowest BCUT2D eigenvalue weighted by Crippen LogP contribution is -2.45. The van der Waals surface area contributed by atoms with E-state index in [1.165, 1.54) is 0 Å². The maximum atomic E-state index is 11.9. The molecule has 4 nitrogen and oxygen atoms in total. The smallest absolute Gasteiger partial charge is 0.261 e. The molecule has 2 rings (SSSR count). The van der Waals surface area contributed by atoms with Crippen LogP contribution in [0.4, 0.5) is 0 Å². The van der Waals surface area contributed by atoms with E-state index in [0.717, 1.165) is 17.3 Å². The molecule has 98 valence electrons. The number of hydrogen-bond donors (Lipinski definition) is 2. The van der Waals surface area contributed by atoms with Crippen LogP contribution in [0.15, 0.2) is 28.7 Å². The van der Waals surface area contributed by atoms with Crippen LogP contribution in [-0.4, -0.2) is 29.3 Å². The Bertz CT molecular complexity index is 428. The zero-order chi connectivity index (χ0) is 13.2. The molecular weight excluding hydrogens is 298 g/mol. The van der Waals surface area contributed by atoms with Gasteiger partial charge in [-0.1, -0.05) is 15.9 Å². The van der Waals surface area contributed by atoms with E-state index in [1.54, 1.807) is 19.1 Å². The first kappa shape index (κ1) is 13.4. The van der Waals surface area contributed by atoms with Crippen molar-refractivity contribution < 1.29 is 14.6 Å². The van der Waals surface area contributed by atoms with Crippen molar-refractivity contribution in [1.29, 1.82) is 0 Å². The molecule has 0 aromatic heterocycles. The van der Waals surface area contributed by atoms with Crippen LogP contribution in [0.2, 0.25) is 0 Å². The Balaban J connectivity index is 1.89. The Morgan fingerprint density at radius 2 is 2.11 bits per heavy atom. The van der Waals surface area contributed by atoms with E-state index < -0.39 is 11.6 Å². The SMILES string of the molecule is CC(Oc1ccc(Br)cc1)C(=O)NC1(CO)CC1. The molecule has 1 unspecified atom stereocenters. The molecule has 0 bridgehead atoms. The van der Waals surface area contributed by atoms with E-state index in [-0.39, 0.29) is 12.5 Å². The molecule has 0 heterocycles. The summed E-state index contributed by atoms with van der Waals surface area (Å²) in [6.07, 6.45) is 1.09. The van der Waals surface area contributed by atoms with Crippen LogP contribution in [0.3, 0.4) is 0 Å². The fraction of sp³-hybridized carbons (Fsp3) is 0.462. The quantitative estimate of drug-likeness (QED) is 0.872. The van der Waals surface area contributed by atoms with E-state index in [0.29, 0.717) is 5.75 Å². The van der Waals surface area contributed by atoms with Gasteiger partial charge in [0, 0.05) is 4.47 Å². The van der Waals surface area contributed by atoms with Crippen LogP contribution in [-0.2, 0) is 4.79 Å². The standard InChI is InChI=1S/C13H16BrNO3/c1-9(12(17)15-13(8-16)6-7-13)18-11-4-2-10(14)3-5-11/h2-5,9,16H,6-8H2,1H3,(H,15,17). The lowest BCUT2D eigenvalue weighted by Gasteiger charge is -2.19. The molecule has 1 aliphatic carbocycles. The van der Waals surface area contributed by atoms with Crippen molar-refractivity contribution in [2.45, 2.75) is 31.4 Å². The minimum Gasteiger partial charge on any atom is -0.481 e. The number of carbonyl (C=O) groups excluding carboxylic acids is 1. The average molecular weight is 314 g/mol. The van der Waals surface area contributed by atoms with Gasteiger partial charge in [-0.15, -0.1) is 0 Å². The first-order valence-electron chi connectivity index (χ1n) is 5.90. The molecule has 5 heteroatoms. The number of aliphatic hydroxyl groups excluding tert-OH is 1. The van der Waals surface area contributed by atoms with Gasteiger partial charge in [-0.25, -0.2) is 0 Å². The van der Waals surface area contributed by atoms with Crippen molar-refractivity contribution in [2.75, 3.05) is 6.61 Å². The maximum Gasteiger partial charge on any atom is 0.261 e. The average Bonchev–Trinajstić information content (AvgIpc) is 3.12. The van der Waals surface area contributed by atoms with Gasteiger partial charge >= 0.3 is 0 Å². The normalized spacial score (nSPS) is 17.9. The number of ether oxygens (including phenoxy) is 1. The molecule has 0 saturated heterocycles. The van der Waals surface area contributed by atoms with Gasteiger partial charge < -0.3 is 15.2 Å². The third-order valence-corrected chi connectivity index (χ3v) is 3.57. The van der Waals surface area contributed by atoms with Crippen molar-refractivity contribution in [3.63, 3.8) is 0 Å². The molecule has 1 atom stereocenters. The van der Waals surface area contributed by atoms with Gasteiger partial charge in [-0.3, -0.25) is 4.79 Å². The summed E-state index contributed by atoms with van der Waals surface area (Å²) in [6, 6.07) is 7.31. The largest absolute Gasteiger partial charge is 0.481 e. The molecule has 1 aliphatic rings. The second-order valence-corrected chi connectivity index (χ2v) is 5.56. The van der Waals surface area contributed by atoms with Crippen LogP contribution in [0.1, 0.15) is 19.8 Å². The molecule has 1 aromatic carbocycles. The van der Waals surface area contributed by atoms with Crippen molar-refractivity contribution in [3.8, 4) is 5.75 Å². The first-order chi connectivity index (χ1) is 8.54. The van der Waals surface area contributed by atoms with Gasteiger partial charge in [-0.2, -0.15) is 0 Å². The second-order valence-electron chi connectivity index (χ2n) is 4.64. The van der Waals surface area contributed by atoms with Gasteiger partial charge in [0.15, 0.2) is 6.10 Å². The molecular formula is C13H16BrNO3. The minimum atomic E-state index is -0.574. The van der Waals surface area contributed by atoms with Gasteiger partial charge in [0.1, 0.15) is 5.75 Å². The molecule has 0 radical (unpaired) electrons. The number of rotatable bonds is 5. The minimum absolute atomic E-state index is 0.0102. The molecule has 0 aliphatic heterocycles. The molecule has 18 heavy (non-hydrogen) atoms. The zero-order valence-electron chi connectivity index (χ0n) is 10.1. The van der Waals surface area contributed by atoms with Crippen molar-refractivity contribution >= 4 is 21.8 Å². The predicted molar refractivity (Wildman–Crippen MR) is 71.4 cm³/mol. The van der Waals surface area contributed by atoms with Crippen LogP contribution in [0, 0.1) is 0 Å². The fourth-order valence-electron chi connectivity index (χ4n) is 1.61. The number of hydrogen-bond acceptors (Lipinski definition) is 3. The van der Waals surface area contributed by atoms with Crippen LogP contribution in [0.25, 0.3) is 0 Å². The summed E-state index contributed by atoms with van der Waals surface area (Å²) in [5, 5.41) is 12.0. The highest BCUT2D eigenvalue weighted by Crippen LogP contribution is 2.34. The lowest BCUT2D eigenvalue weighted by molar-refractivity contribution is -0.128.